The third-order valence-corrected chi connectivity index (χ3v) is 3.70. The van der Waals surface area contributed by atoms with E-state index in [0.29, 0.717) is 38.2 Å². The van der Waals surface area contributed by atoms with Gasteiger partial charge >= 0.3 is 0 Å². The molecule has 2 aromatic rings. The van der Waals surface area contributed by atoms with E-state index in [0.717, 1.165) is 18.8 Å². The number of fused-ring (bicyclic) bond motifs is 1. The van der Waals surface area contributed by atoms with Gasteiger partial charge in [0.1, 0.15) is 0 Å². The normalized spacial score (nSPS) is 20.3. The fraction of sp³-hybridized carbons (Fsp3) is 0.583. The van der Waals surface area contributed by atoms with E-state index >= 15 is 0 Å². The maximum absolute atomic E-state index is 11.7. The van der Waals surface area contributed by atoms with Gasteiger partial charge in [0.05, 0.1) is 32.1 Å². The zero-order valence-electron chi connectivity index (χ0n) is 10.9. The average molecular weight is 277 g/mol. The smallest absolute Gasteiger partial charge is 0.252 e. The zero-order chi connectivity index (χ0) is 13.5. The molecule has 106 valence electrons. The van der Waals surface area contributed by atoms with Gasteiger partial charge in [-0.1, -0.05) is 0 Å². The van der Waals surface area contributed by atoms with E-state index in [4.69, 9.17) is 9.47 Å². The van der Waals surface area contributed by atoms with Crippen molar-refractivity contribution >= 4 is 11.7 Å². The summed E-state index contributed by atoms with van der Waals surface area (Å²) in [4.78, 5) is 20.9. The van der Waals surface area contributed by atoms with Gasteiger partial charge in [0.25, 0.3) is 5.56 Å². The molecule has 0 amide bonds. The second-order valence-corrected chi connectivity index (χ2v) is 5.04. The molecule has 2 saturated heterocycles. The predicted molar refractivity (Wildman–Crippen MR) is 70.2 cm³/mol. The number of aromatic amines is 1. The highest BCUT2D eigenvalue weighted by Gasteiger charge is 2.26. The van der Waals surface area contributed by atoms with E-state index in [9.17, 15) is 4.79 Å². The van der Waals surface area contributed by atoms with Crippen LogP contribution in [0.3, 0.4) is 0 Å². The zero-order valence-corrected chi connectivity index (χ0v) is 10.9. The summed E-state index contributed by atoms with van der Waals surface area (Å²) in [6, 6.07) is 1.58. The van der Waals surface area contributed by atoms with Gasteiger partial charge in [-0.2, -0.15) is 4.98 Å². The van der Waals surface area contributed by atoms with Gasteiger partial charge < -0.3 is 14.4 Å². The summed E-state index contributed by atoms with van der Waals surface area (Å²) in [5.74, 6) is 1.34. The van der Waals surface area contributed by atoms with Crippen molar-refractivity contribution in [2.24, 2.45) is 0 Å². The minimum absolute atomic E-state index is 0.152. The summed E-state index contributed by atoms with van der Waals surface area (Å²) in [6.45, 7) is 4.15. The Balaban J connectivity index is 1.79. The number of morpholine rings is 1. The molecule has 2 aliphatic rings. The molecule has 0 bridgehead atoms. The van der Waals surface area contributed by atoms with Crippen LogP contribution < -0.4 is 10.5 Å². The molecule has 0 saturated carbocycles. The predicted octanol–water partition coefficient (Wildman–Crippen LogP) is -0.632. The fourth-order valence-corrected chi connectivity index (χ4v) is 2.50. The first-order valence-corrected chi connectivity index (χ1v) is 6.72. The molecule has 0 spiro atoms. The van der Waals surface area contributed by atoms with Crippen LogP contribution in [0.2, 0.25) is 0 Å². The van der Waals surface area contributed by atoms with Crippen LogP contribution in [0.25, 0.3) is 5.78 Å². The number of hydrogen-bond donors (Lipinski definition) is 1. The Morgan fingerprint density at radius 1 is 1.25 bits per heavy atom. The van der Waals surface area contributed by atoms with Gasteiger partial charge in [-0.05, 0) is 0 Å². The summed E-state index contributed by atoms with van der Waals surface area (Å²) in [5.41, 5.74) is 0.710. The number of hydrogen-bond acceptors (Lipinski definition) is 6. The van der Waals surface area contributed by atoms with E-state index in [2.05, 4.69) is 20.0 Å². The van der Waals surface area contributed by atoms with Crippen molar-refractivity contribution in [3.8, 4) is 0 Å². The Hall–Kier alpha value is -1.93. The highest BCUT2D eigenvalue weighted by Crippen LogP contribution is 2.23. The lowest BCUT2D eigenvalue weighted by Gasteiger charge is -2.26. The van der Waals surface area contributed by atoms with Crippen LogP contribution in [-0.2, 0) is 9.47 Å². The monoisotopic (exact) mass is 277 g/mol. The highest BCUT2D eigenvalue weighted by atomic mass is 16.5. The SMILES string of the molecule is O=c1cc(C2COC2)n2nc(N3CCOCC3)nc2[nH]1. The largest absolute Gasteiger partial charge is 0.380 e. The quantitative estimate of drug-likeness (QED) is 0.786. The molecule has 4 heterocycles. The Morgan fingerprint density at radius 3 is 2.75 bits per heavy atom. The second kappa shape index (κ2) is 4.57. The van der Waals surface area contributed by atoms with Gasteiger partial charge in [0, 0.05) is 25.1 Å². The van der Waals surface area contributed by atoms with E-state index in [1.54, 1.807) is 10.6 Å². The minimum atomic E-state index is -0.152. The summed E-state index contributed by atoms with van der Waals surface area (Å²) < 4.78 is 12.2. The van der Waals surface area contributed by atoms with Crippen molar-refractivity contribution < 1.29 is 9.47 Å². The standard InChI is InChI=1S/C12H15N5O3/c18-10-5-9(8-6-20-7-8)17-11(13-10)14-12(15-17)16-1-3-19-4-2-16/h5,8H,1-4,6-7H2,(H,13,14,15,18). The number of aromatic nitrogens is 4. The first-order valence-electron chi connectivity index (χ1n) is 6.72. The molecule has 2 aliphatic heterocycles. The van der Waals surface area contributed by atoms with Crippen LogP contribution in [0.5, 0.6) is 0 Å². The Kier molecular flexibility index (Phi) is 2.71. The molecule has 0 atom stereocenters. The van der Waals surface area contributed by atoms with Crippen LogP contribution in [0, 0.1) is 0 Å². The molecule has 4 rings (SSSR count). The number of anilines is 1. The van der Waals surface area contributed by atoms with Gasteiger partial charge in [-0.15, -0.1) is 5.10 Å². The summed E-state index contributed by atoms with van der Waals surface area (Å²) in [5, 5.41) is 4.53. The van der Waals surface area contributed by atoms with Crippen LogP contribution in [0.1, 0.15) is 11.6 Å². The molecule has 0 aliphatic carbocycles. The second-order valence-electron chi connectivity index (χ2n) is 5.04. The van der Waals surface area contributed by atoms with Crippen LogP contribution in [0.15, 0.2) is 10.9 Å². The van der Waals surface area contributed by atoms with Crippen molar-refractivity contribution in [3.63, 3.8) is 0 Å². The van der Waals surface area contributed by atoms with Crippen molar-refractivity contribution in [2.45, 2.75) is 5.92 Å². The minimum Gasteiger partial charge on any atom is -0.380 e. The number of nitrogens with one attached hydrogen (secondary N) is 1. The molecule has 0 aromatic carbocycles. The van der Waals surface area contributed by atoms with Crippen LogP contribution in [0.4, 0.5) is 5.95 Å². The van der Waals surface area contributed by atoms with Gasteiger partial charge in [0.15, 0.2) is 0 Å². The third-order valence-electron chi connectivity index (χ3n) is 3.70. The van der Waals surface area contributed by atoms with Crippen molar-refractivity contribution in [1.29, 1.82) is 0 Å². The lowest BCUT2D eigenvalue weighted by Crippen LogP contribution is -2.37. The van der Waals surface area contributed by atoms with E-state index in [1.807, 2.05) is 0 Å². The molecule has 1 N–H and O–H groups in total. The summed E-state index contributed by atoms with van der Waals surface area (Å²) in [7, 11) is 0. The lowest BCUT2D eigenvalue weighted by molar-refractivity contribution is 0.00579. The lowest BCUT2D eigenvalue weighted by atomic mass is 10.0. The van der Waals surface area contributed by atoms with Crippen molar-refractivity contribution in [2.75, 3.05) is 44.4 Å². The van der Waals surface area contributed by atoms with Gasteiger partial charge in [0.2, 0.25) is 11.7 Å². The topological polar surface area (TPSA) is 84.8 Å². The maximum Gasteiger partial charge on any atom is 0.252 e. The van der Waals surface area contributed by atoms with E-state index < -0.39 is 0 Å². The van der Waals surface area contributed by atoms with Gasteiger partial charge in [-0.25, -0.2) is 4.52 Å². The summed E-state index contributed by atoms with van der Waals surface area (Å²) in [6.07, 6.45) is 0. The molecule has 2 aromatic heterocycles. The first-order chi connectivity index (χ1) is 9.81. The van der Waals surface area contributed by atoms with Crippen LogP contribution >= 0.6 is 0 Å². The molecule has 8 nitrogen and oxygen atoms in total. The number of rotatable bonds is 2. The molecular weight excluding hydrogens is 262 g/mol. The van der Waals surface area contributed by atoms with Gasteiger partial charge in [-0.3, -0.25) is 9.78 Å². The number of ether oxygens (including phenoxy) is 2. The fourth-order valence-electron chi connectivity index (χ4n) is 2.50. The van der Waals surface area contributed by atoms with Crippen LogP contribution in [-0.4, -0.2) is 59.1 Å². The van der Waals surface area contributed by atoms with E-state index in [-0.39, 0.29) is 11.5 Å². The molecule has 2 fully saturated rings. The molecule has 20 heavy (non-hydrogen) atoms. The molecule has 0 unspecified atom stereocenters. The van der Waals surface area contributed by atoms with E-state index in [1.165, 1.54) is 0 Å². The number of nitrogens with zero attached hydrogens (tertiary/aromatic N) is 4. The maximum atomic E-state index is 11.7. The Labute approximate surface area is 114 Å². The Morgan fingerprint density at radius 2 is 2.05 bits per heavy atom. The van der Waals surface area contributed by atoms with Crippen molar-refractivity contribution in [3.05, 3.63) is 22.1 Å². The highest BCUT2D eigenvalue weighted by molar-refractivity contribution is 5.40. The summed E-state index contributed by atoms with van der Waals surface area (Å²) >= 11 is 0. The molecular formula is C12H15N5O3. The first kappa shape index (κ1) is 11.9. The molecule has 8 heteroatoms. The molecule has 0 radical (unpaired) electrons. The van der Waals surface area contributed by atoms with Crippen molar-refractivity contribution in [1.82, 2.24) is 19.6 Å². The average Bonchev–Trinajstić information content (AvgIpc) is 2.81. The number of H-pyrrole nitrogens is 1. The Bertz CT molecular complexity index is 684. The third kappa shape index (κ3) is 1.88.